The van der Waals surface area contributed by atoms with E-state index in [1.807, 2.05) is 17.8 Å². The van der Waals surface area contributed by atoms with Gasteiger partial charge in [-0.05, 0) is 37.1 Å². The molecule has 1 N–H and O–H groups in total. The normalized spacial score (nSPS) is 16.2. The maximum atomic E-state index is 9.31. The maximum Gasteiger partial charge on any atom is 0.100 e. The molecule has 1 fully saturated rings. The van der Waals surface area contributed by atoms with Gasteiger partial charge in [-0.25, -0.2) is 0 Å². The van der Waals surface area contributed by atoms with Gasteiger partial charge in [0.25, 0.3) is 0 Å². The monoisotopic (exact) mass is 274 g/mol. The summed E-state index contributed by atoms with van der Waals surface area (Å²) < 4.78 is 0. The number of nitriles is 1. The van der Waals surface area contributed by atoms with Crippen LogP contribution in [0.25, 0.3) is 0 Å². The van der Waals surface area contributed by atoms with E-state index in [1.54, 1.807) is 0 Å². The first-order chi connectivity index (χ1) is 9.33. The second kappa shape index (κ2) is 7.57. The quantitative estimate of drug-likeness (QED) is 0.878. The third-order valence-electron chi connectivity index (χ3n) is 3.59. The van der Waals surface area contributed by atoms with Crippen LogP contribution in [0.15, 0.2) is 23.1 Å². The Hall–Kier alpha value is -0.980. The molecular weight excluding hydrogens is 252 g/mol. The molecule has 0 atom stereocenters. The minimum absolute atomic E-state index is 0.709. The Balaban J connectivity index is 2.05. The first-order valence-corrected chi connectivity index (χ1v) is 8.12. The first-order valence-electron chi connectivity index (χ1n) is 7.24. The smallest absolute Gasteiger partial charge is 0.100 e. The van der Waals surface area contributed by atoms with Crippen molar-refractivity contribution in [3.63, 3.8) is 0 Å². The lowest BCUT2D eigenvalue weighted by Gasteiger charge is -2.21. The van der Waals surface area contributed by atoms with E-state index in [4.69, 9.17) is 0 Å². The van der Waals surface area contributed by atoms with Gasteiger partial charge in [0, 0.05) is 16.7 Å². The zero-order valence-corrected chi connectivity index (χ0v) is 12.4. The lowest BCUT2D eigenvalue weighted by molar-refractivity contribution is 0.516. The lowest BCUT2D eigenvalue weighted by Crippen LogP contribution is -2.12. The van der Waals surface area contributed by atoms with Crippen molar-refractivity contribution in [2.45, 2.75) is 55.7 Å². The van der Waals surface area contributed by atoms with Crippen LogP contribution in [0.3, 0.4) is 0 Å². The molecule has 0 saturated heterocycles. The van der Waals surface area contributed by atoms with Gasteiger partial charge in [-0.15, -0.1) is 11.8 Å². The molecule has 3 heteroatoms. The van der Waals surface area contributed by atoms with E-state index in [0.717, 1.165) is 23.5 Å². The van der Waals surface area contributed by atoms with E-state index in [9.17, 15) is 5.26 Å². The average molecular weight is 274 g/mol. The standard InChI is InChI=1S/C16H22N2S/c1-2-18-12-13-8-9-16(14(10-13)11-17)19-15-6-4-3-5-7-15/h8-10,15,18H,2-7,12H2,1H3. The molecule has 2 nitrogen and oxygen atoms in total. The van der Waals surface area contributed by atoms with E-state index in [-0.39, 0.29) is 0 Å². The van der Waals surface area contributed by atoms with Crippen molar-refractivity contribution in [3.05, 3.63) is 29.3 Å². The number of benzene rings is 1. The molecule has 1 aromatic rings. The Morgan fingerprint density at radius 1 is 1.32 bits per heavy atom. The fraction of sp³-hybridized carbons (Fsp3) is 0.562. The van der Waals surface area contributed by atoms with Gasteiger partial charge in [-0.3, -0.25) is 0 Å². The van der Waals surface area contributed by atoms with Gasteiger partial charge in [0.15, 0.2) is 0 Å². The van der Waals surface area contributed by atoms with E-state index < -0.39 is 0 Å². The predicted molar refractivity (Wildman–Crippen MR) is 81.3 cm³/mol. The van der Waals surface area contributed by atoms with E-state index in [2.05, 4.69) is 30.4 Å². The minimum Gasteiger partial charge on any atom is -0.313 e. The molecule has 0 spiro atoms. The van der Waals surface area contributed by atoms with Gasteiger partial charge in [0.05, 0.1) is 5.56 Å². The van der Waals surface area contributed by atoms with Crippen LogP contribution in [-0.4, -0.2) is 11.8 Å². The zero-order chi connectivity index (χ0) is 13.5. The van der Waals surface area contributed by atoms with E-state index in [0.29, 0.717) is 5.25 Å². The summed E-state index contributed by atoms with van der Waals surface area (Å²) in [6, 6.07) is 8.67. The average Bonchev–Trinajstić information content (AvgIpc) is 2.47. The molecule has 0 aromatic heterocycles. The van der Waals surface area contributed by atoms with E-state index in [1.165, 1.54) is 37.7 Å². The summed E-state index contributed by atoms with van der Waals surface area (Å²) in [5.41, 5.74) is 2.04. The van der Waals surface area contributed by atoms with Crippen molar-refractivity contribution in [2.75, 3.05) is 6.54 Å². The van der Waals surface area contributed by atoms with Crippen LogP contribution in [0.2, 0.25) is 0 Å². The number of rotatable bonds is 5. The van der Waals surface area contributed by atoms with Gasteiger partial charge in [0.2, 0.25) is 0 Å². The minimum atomic E-state index is 0.709. The van der Waals surface area contributed by atoms with Crippen molar-refractivity contribution >= 4 is 11.8 Å². The SMILES string of the molecule is CCNCc1ccc(SC2CCCCC2)c(C#N)c1. The zero-order valence-electron chi connectivity index (χ0n) is 11.6. The van der Waals surface area contributed by atoms with Crippen LogP contribution in [0.5, 0.6) is 0 Å². The Kier molecular flexibility index (Phi) is 5.75. The Morgan fingerprint density at radius 3 is 2.79 bits per heavy atom. The fourth-order valence-electron chi connectivity index (χ4n) is 2.51. The Labute approximate surface area is 120 Å². The number of nitrogens with one attached hydrogen (secondary N) is 1. The van der Waals surface area contributed by atoms with Crippen molar-refractivity contribution in [2.24, 2.45) is 0 Å². The third-order valence-corrected chi connectivity index (χ3v) is 5.00. The fourth-order valence-corrected chi connectivity index (χ4v) is 3.82. The molecule has 0 unspecified atom stereocenters. The van der Waals surface area contributed by atoms with Gasteiger partial charge in [-0.2, -0.15) is 5.26 Å². The van der Waals surface area contributed by atoms with Crippen LogP contribution in [-0.2, 0) is 6.54 Å². The molecule has 1 aromatic carbocycles. The Bertz CT molecular complexity index is 445. The summed E-state index contributed by atoms with van der Waals surface area (Å²) in [5, 5.41) is 13.3. The molecule has 0 radical (unpaired) electrons. The molecule has 19 heavy (non-hydrogen) atoms. The number of thioether (sulfide) groups is 1. The molecular formula is C16H22N2S. The molecule has 2 rings (SSSR count). The lowest BCUT2D eigenvalue weighted by atomic mass is 10.0. The number of hydrogen-bond acceptors (Lipinski definition) is 3. The second-order valence-electron chi connectivity index (χ2n) is 5.10. The van der Waals surface area contributed by atoms with E-state index >= 15 is 0 Å². The second-order valence-corrected chi connectivity index (χ2v) is 6.44. The van der Waals surface area contributed by atoms with Gasteiger partial charge in [0.1, 0.15) is 6.07 Å². The molecule has 1 aliphatic rings. The molecule has 1 aliphatic carbocycles. The van der Waals surface area contributed by atoms with Gasteiger partial charge < -0.3 is 5.32 Å². The van der Waals surface area contributed by atoms with Crippen molar-refractivity contribution in [1.82, 2.24) is 5.32 Å². The summed E-state index contributed by atoms with van der Waals surface area (Å²) in [5.74, 6) is 0. The van der Waals surface area contributed by atoms with Gasteiger partial charge in [-0.1, -0.05) is 32.3 Å². The summed E-state index contributed by atoms with van der Waals surface area (Å²) in [7, 11) is 0. The molecule has 0 heterocycles. The molecule has 0 amide bonds. The highest BCUT2D eigenvalue weighted by Gasteiger charge is 2.16. The molecule has 102 valence electrons. The summed E-state index contributed by atoms with van der Waals surface area (Å²) in [6.45, 7) is 3.90. The predicted octanol–water partition coefficient (Wildman–Crippen LogP) is 4.09. The molecule has 0 aliphatic heterocycles. The van der Waals surface area contributed by atoms with Crippen molar-refractivity contribution < 1.29 is 0 Å². The van der Waals surface area contributed by atoms with Gasteiger partial charge >= 0.3 is 0 Å². The van der Waals surface area contributed by atoms with Crippen molar-refractivity contribution in [1.29, 1.82) is 5.26 Å². The van der Waals surface area contributed by atoms with Crippen molar-refractivity contribution in [3.8, 4) is 6.07 Å². The highest BCUT2D eigenvalue weighted by Crippen LogP contribution is 2.35. The van der Waals surface area contributed by atoms with Crippen LogP contribution >= 0.6 is 11.8 Å². The molecule has 0 bridgehead atoms. The summed E-state index contributed by atoms with van der Waals surface area (Å²) in [6.07, 6.45) is 6.67. The summed E-state index contributed by atoms with van der Waals surface area (Å²) >= 11 is 1.91. The highest BCUT2D eigenvalue weighted by molar-refractivity contribution is 8.00. The maximum absolute atomic E-state index is 9.31. The molecule has 1 saturated carbocycles. The van der Waals surface area contributed by atoms with Crippen LogP contribution in [0, 0.1) is 11.3 Å². The topological polar surface area (TPSA) is 35.8 Å². The largest absolute Gasteiger partial charge is 0.313 e. The number of hydrogen-bond donors (Lipinski definition) is 1. The third kappa shape index (κ3) is 4.26. The van der Waals surface area contributed by atoms with Crippen LogP contribution in [0.4, 0.5) is 0 Å². The summed E-state index contributed by atoms with van der Waals surface area (Å²) in [4.78, 5) is 1.16. The number of nitrogens with zero attached hydrogens (tertiary/aromatic N) is 1. The first kappa shape index (κ1) is 14.4. The Morgan fingerprint density at radius 2 is 2.11 bits per heavy atom. The van der Waals surface area contributed by atoms with Crippen LogP contribution in [0.1, 0.15) is 50.2 Å². The van der Waals surface area contributed by atoms with Crippen LogP contribution < -0.4 is 5.32 Å². The highest BCUT2D eigenvalue weighted by atomic mass is 32.2.